The molecule has 0 aliphatic carbocycles. The van der Waals surface area contributed by atoms with Crippen LogP contribution in [0.3, 0.4) is 0 Å². The summed E-state index contributed by atoms with van der Waals surface area (Å²) in [6.45, 7) is 8.25. The summed E-state index contributed by atoms with van der Waals surface area (Å²) in [6, 6.07) is 5.38. The summed E-state index contributed by atoms with van der Waals surface area (Å²) >= 11 is 1.79. The van der Waals surface area contributed by atoms with Crippen molar-refractivity contribution in [2.24, 2.45) is 11.3 Å². The Bertz CT molecular complexity index is 896. The Morgan fingerprint density at radius 2 is 1.90 bits per heavy atom. The van der Waals surface area contributed by atoms with Gasteiger partial charge >= 0.3 is 5.97 Å². The average molecular weight is 472 g/mol. The van der Waals surface area contributed by atoms with Gasteiger partial charge in [0, 0.05) is 5.41 Å². The largest absolute Gasteiger partial charge is 0.476 e. The van der Waals surface area contributed by atoms with Crippen LogP contribution < -0.4 is 4.74 Å². The molecule has 2 rings (SSSR count). The first kappa shape index (κ1) is 25.2. The van der Waals surface area contributed by atoms with Crippen LogP contribution in [0.2, 0.25) is 0 Å². The Labute approximate surface area is 189 Å². The van der Waals surface area contributed by atoms with Gasteiger partial charge in [0.1, 0.15) is 0 Å². The molecule has 1 aliphatic heterocycles. The van der Waals surface area contributed by atoms with Crippen molar-refractivity contribution in [1.29, 1.82) is 0 Å². The van der Waals surface area contributed by atoms with Crippen LogP contribution in [0, 0.1) is 17.2 Å². The number of thioether (sulfide) groups is 2. The highest BCUT2D eigenvalue weighted by Crippen LogP contribution is 2.43. The van der Waals surface area contributed by atoms with Gasteiger partial charge in [0.2, 0.25) is 11.0 Å². The molecular weight excluding hydrogens is 445 g/mol. The van der Waals surface area contributed by atoms with Gasteiger partial charge < -0.3 is 14.9 Å². The molecule has 0 saturated carbocycles. The number of nitrogens with zero attached hydrogens (tertiary/aromatic N) is 1. The molecule has 170 valence electrons. The monoisotopic (exact) mass is 471 g/mol. The van der Waals surface area contributed by atoms with E-state index in [2.05, 4.69) is 0 Å². The normalized spacial score (nSPS) is 20.6. The number of ether oxygens (including phenoxy) is 1. The van der Waals surface area contributed by atoms with Crippen LogP contribution >= 0.6 is 23.5 Å². The van der Waals surface area contributed by atoms with E-state index >= 15 is 0 Å². The number of aliphatic carboxylic acids is 1. The molecule has 0 unspecified atom stereocenters. The number of carbonyl (C=O) groups is 3. The number of carboxylic acid groups (broad SMARTS) is 1. The third kappa shape index (κ3) is 5.61. The van der Waals surface area contributed by atoms with Gasteiger partial charge in [-0.15, -0.1) is 11.8 Å². The lowest BCUT2D eigenvalue weighted by molar-refractivity contribution is -0.157. The highest BCUT2D eigenvalue weighted by molar-refractivity contribution is 8.16. The molecular formula is C21H26FNO6S2. The van der Waals surface area contributed by atoms with Crippen molar-refractivity contribution < 1.29 is 33.7 Å². The molecule has 2 N–H and O–H groups in total. The Balaban J connectivity index is 2.61. The van der Waals surface area contributed by atoms with Crippen LogP contribution in [-0.2, 0) is 14.4 Å². The molecule has 1 aromatic rings. The van der Waals surface area contributed by atoms with Gasteiger partial charge in [0.15, 0.2) is 22.4 Å². The summed E-state index contributed by atoms with van der Waals surface area (Å²) in [5.41, 5.74) is -1.41. The fourth-order valence-corrected chi connectivity index (χ4v) is 4.93. The van der Waals surface area contributed by atoms with E-state index in [4.69, 9.17) is 4.74 Å². The summed E-state index contributed by atoms with van der Waals surface area (Å²) in [5.74, 6) is -3.36. The number of amides is 1. The standard InChI is InChI=1S/C21H26FNO6S2/c1-6-30-17-14(11(2)24)16(25)23(17)15(18(26)27)19(31-20(28)21(3,4)5)29-13-10-8-7-9-12(13)22/h7-11,14,17,24H,6H2,1-5H3,(H,26,27)/t11-,14+,17-/m1/s1. The second-order valence-corrected chi connectivity index (χ2v) is 10.3. The first-order chi connectivity index (χ1) is 14.4. The van der Waals surface area contributed by atoms with Gasteiger partial charge in [-0.25, -0.2) is 9.18 Å². The van der Waals surface area contributed by atoms with E-state index < -0.39 is 56.4 Å². The summed E-state index contributed by atoms with van der Waals surface area (Å²) in [7, 11) is 0. The number of rotatable bonds is 8. The first-order valence-electron chi connectivity index (χ1n) is 9.65. The number of aliphatic hydroxyl groups excluding tert-OH is 1. The van der Waals surface area contributed by atoms with Gasteiger partial charge in [0.25, 0.3) is 0 Å². The molecule has 3 atom stereocenters. The maximum absolute atomic E-state index is 14.2. The Morgan fingerprint density at radius 3 is 2.39 bits per heavy atom. The minimum absolute atomic E-state index is 0.273. The molecule has 0 aromatic heterocycles. The van der Waals surface area contributed by atoms with Crippen molar-refractivity contribution in [3.8, 4) is 5.75 Å². The number of hydrogen-bond acceptors (Lipinski definition) is 7. The third-order valence-corrected chi connectivity index (χ3v) is 6.85. The van der Waals surface area contributed by atoms with Crippen molar-refractivity contribution in [1.82, 2.24) is 4.90 Å². The molecule has 0 spiro atoms. The average Bonchev–Trinajstić information content (AvgIpc) is 2.65. The summed E-state index contributed by atoms with van der Waals surface area (Å²) in [6.07, 6.45) is -0.984. The number of likely N-dealkylation sites (tertiary alicyclic amines) is 1. The SMILES string of the molecule is CCS[C@@H]1[C@@H]([C@@H](C)O)C(=O)N1C(C(=O)O)=C(Oc1ccccc1F)SC(=O)C(C)(C)C. The van der Waals surface area contributed by atoms with E-state index in [1.165, 1.54) is 36.9 Å². The third-order valence-electron chi connectivity index (χ3n) is 4.42. The lowest BCUT2D eigenvalue weighted by atomic mass is 9.92. The second kappa shape index (κ2) is 10.1. The van der Waals surface area contributed by atoms with Crippen LogP contribution in [0.15, 0.2) is 35.1 Å². The molecule has 1 fully saturated rings. The minimum Gasteiger partial charge on any atom is -0.476 e. The number of para-hydroxylation sites is 1. The van der Waals surface area contributed by atoms with Crippen molar-refractivity contribution in [2.75, 3.05) is 5.75 Å². The zero-order chi connectivity index (χ0) is 23.5. The van der Waals surface area contributed by atoms with E-state index in [9.17, 15) is 29.0 Å². The number of carboxylic acids is 1. The molecule has 1 heterocycles. The lowest BCUT2D eigenvalue weighted by Gasteiger charge is -2.47. The molecule has 1 aliphatic rings. The Morgan fingerprint density at radius 1 is 1.29 bits per heavy atom. The first-order valence-corrected chi connectivity index (χ1v) is 11.5. The predicted octanol–water partition coefficient (Wildman–Crippen LogP) is 3.68. The van der Waals surface area contributed by atoms with Gasteiger partial charge in [-0.1, -0.05) is 39.8 Å². The number of halogens is 1. The second-order valence-electron chi connectivity index (χ2n) is 7.93. The number of carbonyl (C=O) groups excluding carboxylic acids is 2. The van der Waals surface area contributed by atoms with Gasteiger partial charge in [-0.3, -0.25) is 14.5 Å². The van der Waals surface area contributed by atoms with E-state index in [1.807, 2.05) is 6.92 Å². The highest BCUT2D eigenvalue weighted by atomic mass is 32.2. The number of benzene rings is 1. The van der Waals surface area contributed by atoms with E-state index in [0.29, 0.717) is 17.5 Å². The molecule has 0 radical (unpaired) electrons. The van der Waals surface area contributed by atoms with E-state index in [1.54, 1.807) is 20.8 Å². The molecule has 1 saturated heterocycles. The van der Waals surface area contributed by atoms with Crippen molar-refractivity contribution in [3.05, 3.63) is 40.9 Å². The van der Waals surface area contributed by atoms with Crippen LogP contribution in [0.5, 0.6) is 5.75 Å². The van der Waals surface area contributed by atoms with Crippen LogP contribution in [0.1, 0.15) is 34.6 Å². The molecule has 0 bridgehead atoms. The van der Waals surface area contributed by atoms with Crippen LogP contribution in [0.25, 0.3) is 0 Å². The molecule has 31 heavy (non-hydrogen) atoms. The van der Waals surface area contributed by atoms with E-state index in [-0.39, 0.29) is 5.75 Å². The number of hydrogen-bond donors (Lipinski definition) is 2. The minimum atomic E-state index is -1.50. The Kier molecular flexibility index (Phi) is 8.18. The maximum Gasteiger partial charge on any atom is 0.357 e. The van der Waals surface area contributed by atoms with Crippen LogP contribution in [0.4, 0.5) is 4.39 Å². The zero-order valence-electron chi connectivity index (χ0n) is 17.9. The van der Waals surface area contributed by atoms with Gasteiger partial charge in [-0.05, 0) is 36.6 Å². The highest BCUT2D eigenvalue weighted by Gasteiger charge is 2.54. The zero-order valence-corrected chi connectivity index (χ0v) is 19.6. The number of aliphatic hydroxyl groups is 1. The van der Waals surface area contributed by atoms with Crippen LogP contribution in [-0.4, -0.2) is 49.3 Å². The van der Waals surface area contributed by atoms with E-state index in [0.717, 1.165) is 11.0 Å². The molecule has 7 nitrogen and oxygen atoms in total. The van der Waals surface area contributed by atoms with Gasteiger partial charge in [0.05, 0.1) is 17.4 Å². The predicted molar refractivity (Wildman–Crippen MR) is 118 cm³/mol. The van der Waals surface area contributed by atoms with Crippen molar-refractivity contribution in [3.63, 3.8) is 0 Å². The Hall–Kier alpha value is -2.04. The topological polar surface area (TPSA) is 104 Å². The summed E-state index contributed by atoms with van der Waals surface area (Å²) in [4.78, 5) is 38.7. The number of β-lactam (4-membered cyclic amide) rings is 1. The van der Waals surface area contributed by atoms with Gasteiger partial charge in [-0.2, -0.15) is 0 Å². The summed E-state index contributed by atoms with van der Waals surface area (Å²) in [5, 5.41) is 18.4. The molecule has 1 amide bonds. The van der Waals surface area contributed by atoms with Crippen molar-refractivity contribution >= 4 is 40.5 Å². The maximum atomic E-state index is 14.2. The fraction of sp³-hybridized carbons (Fsp3) is 0.476. The quantitative estimate of drug-likeness (QED) is 0.336. The molecule has 1 aromatic carbocycles. The van der Waals surface area contributed by atoms with Crippen molar-refractivity contribution in [2.45, 2.75) is 46.1 Å². The smallest absolute Gasteiger partial charge is 0.357 e. The summed E-state index contributed by atoms with van der Waals surface area (Å²) < 4.78 is 19.8. The fourth-order valence-electron chi connectivity index (χ4n) is 2.79. The molecule has 10 heteroatoms. The lowest BCUT2D eigenvalue weighted by Crippen LogP contribution is -2.63.